The topological polar surface area (TPSA) is 26.3 Å². The molecule has 0 aromatic carbocycles. The molecule has 2 heteroatoms. The van der Waals surface area contributed by atoms with Gasteiger partial charge in [0.05, 0.1) is 12.0 Å². The maximum absolute atomic E-state index is 11.5. The maximum atomic E-state index is 11.5. The van der Waals surface area contributed by atoms with Gasteiger partial charge in [-0.05, 0) is 32.6 Å². The summed E-state index contributed by atoms with van der Waals surface area (Å²) in [5.74, 6) is -0.0927. The van der Waals surface area contributed by atoms with Gasteiger partial charge in [0.25, 0.3) is 0 Å². The van der Waals surface area contributed by atoms with Crippen LogP contribution in [0.2, 0.25) is 0 Å². The third-order valence-electron chi connectivity index (χ3n) is 1.80. The summed E-state index contributed by atoms with van der Waals surface area (Å²) in [7, 11) is 0. The average molecular weight is 234 g/mol. The van der Waals surface area contributed by atoms with Crippen LogP contribution in [-0.4, -0.2) is 12.6 Å². The zero-order chi connectivity index (χ0) is 10.7. The summed E-state index contributed by atoms with van der Waals surface area (Å²) in [5.41, 5.74) is -0.204. The molecule has 0 aromatic rings. The van der Waals surface area contributed by atoms with Crippen LogP contribution in [-0.2, 0) is 9.53 Å². The van der Waals surface area contributed by atoms with E-state index < -0.39 is 0 Å². The van der Waals surface area contributed by atoms with Crippen molar-refractivity contribution < 1.29 is 9.53 Å². The third-order valence-corrected chi connectivity index (χ3v) is 1.80. The first-order valence-corrected chi connectivity index (χ1v) is 4.86. The Balaban J connectivity index is -0.000000240. The van der Waals surface area contributed by atoms with E-state index in [1.807, 2.05) is 20.8 Å². The van der Waals surface area contributed by atoms with E-state index >= 15 is 0 Å². The first-order chi connectivity index (χ1) is 5.69. The standard InChI is InChI=1S/C11H22O2.3CH4/c1-7-13-9(12)11(5,6)8-10(2,3)4;;;/h7-8H2,1-6H3;3*1H4. The molecule has 0 amide bonds. The van der Waals surface area contributed by atoms with E-state index in [2.05, 4.69) is 20.8 Å². The predicted molar refractivity (Wildman–Crippen MR) is 74.7 cm³/mol. The Morgan fingerprint density at radius 1 is 1.00 bits per heavy atom. The smallest absolute Gasteiger partial charge is 0.311 e. The van der Waals surface area contributed by atoms with E-state index in [1.54, 1.807) is 0 Å². The molecule has 0 aromatic heterocycles. The zero-order valence-electron chi connectivity index (χ0n) is 9.73. The quantitative estimate of drug-likeness (QED) is 0.648. The van der Waals surface area contributed by atoms with E-state index in [1.165, 1.54) is 0 Å². The van der Waals surface area contributed by atoms with Crippen molar-refractivity contribution in [3.05, 3.63) is 0 Å². The van der Waals surface area contributed by atoms with Gasteiger partial charge in [-0.25, -0.2) is 0 Å². The summed E-state index contributed by atoms with van der Waals surface area (Å²) in [6, 6.07) is 0. The normalized spacial score (nSPS) is 10.4. The second-order valence-corrected chi connectivity index (χ2v) is 5.34. The van der Waals surface area contributed by atoms with Crippen molar-refractivity contribution >= 4 is 5.97 Å². The molecule has 0 aliphatic carbocycles. The monoisotopic (exact) mass is 234 g/mol. The molecular weight excluding hydrogens is 200 g/mol. The average Bonchev–Trinajstić information content (AvgIpc) is 1.82. The number of rotatable bonds is 3. The fraction of sp³-hybridized carbons (Fsp3) is 0.929. The van der Waals surface area contributed by atoms with Gasteiger partial charge in [-0.3, -0.25) is 4.79 Å². The van der Waals surface area contributed by atoms with Crippen LogP contribution < -0.4 is 0 Å². The summed E-state index contributed by atoms with van der Waals surface area (Å²) in [6.45, 7) is 12.6. The third kappa shape index (κ3) is 10.0. The fourth-order valence-electron chi connectivity index (χ4n) is 1.72. The van der Waals surface area contributed by atoms with Gasteiger partial charge >= 0.3 is 5.97 Å². The van der Waals surface area contributed by atoms with Crippen molar-refractivity contribution in [3.63, 3.8) is 0 Å². The SMILES string of the molecule is C.C.C.CCOC(=O)C(C)(C)CC(C)(C)C. The lowest BCUT2D eigenvalue weighted by atomic mass is 9.76. The van der Waals surface area contributed by atoms with Gasteiger partial charge in [-0.2, -0.15) is 0 Å². The Kier molecular flexibility index (Phi) is 13.2. The van der Waals surface area contributed by atoms with E-state index in [9.17, 15) is 4.79 Å². The zero-order valence-corrected chi connectivity index (χ0v) is 9.73. The summed E-state index contributed by atoms with van der Waals surface area (Å²) < 4.78 is 5.01. The number of ether oxygens (including phenoxy) is 1. The molecule has 0 aliphatic heterocycles. The first-order valence-electron chi connectivity index (χ1n) is 4.86. The highest BCUT2D eigenvalue weighted by molar-refractivity contribution is 5.75. The Bertz CT molecular complexity index is 176. The van der Waals surface area contributed by atoms with Crippen LogP contribution in [0.3, 0.4) is 0 Å². The van der Waals surface area contributed by atoms with Gasteiger partial charge < -0.3 is 4.74 Å². The molecule has 0 spiro atoms. The molecule has 16 heavy (non-hydrogen) atoms. The molecule has 0 atom stereocenters. The highest BCUT2D eigenvalue weighted by Crippen LogP contribution is 2.33. The Morgan fingerprint density at radius 2 is 1.38 bits per heavy atom. The summed E-state index contributed by atoms with van der Waals surface area (Å²) in [6.07, 6.45) is 0.846. The summed E-state index contributed by atoms with van der Waals surface area (Å²) in [4.78, 5) is 11.5. The highest BCUT2D eigenvalue weighted by Gasteiger charge is 2.33. The van der Waals surface area contributed by atoms with Gasteiger partial charge in [-0.1, -0.05) is 43.1 Å². The Labute approximate surface area is 104 Å². The Morgan fingerprint density at radius 3 is 1.62 bits per heavy atom. The molecule has 0 N–H and O–H groups in total. The molecular formula is C14H34O2. The number of hydrogen-bond acceptors (Lipinski definition) is 2. The van der Waals surface area contributed by atoms with Crippen LogP contribution >= 0.6 is 0 Å². The lowest BCUT2D eigenvalue weighted by molar-refractivity contribution is -0.155. The number of hydrogen-bond donors (Lipinski definition) is 0. The molecule has 0 heterocycles. The van der Waals surface area contributed by atoms with Crippen LogP contribution in [0.4, 0.5) is 0 Å². The van der Waals surface area contributed by atoms with Crippen LogP contribution in [0.25, 0.3) is 0 Å². The van der Waals surface area contributed by atoms with Crippen molar-refractivity contribution in [2.45, 2.75) is 70.2 Å². The number of esters is 1. The van der Waals surface area contributed by atoms with E-state index in [0.29, 0.717) is 6.61 Å². The molecule has 102 valence electrons. The molecule has 0 radical (unpaired) electrons. The minimum absolute atomic E-state index is 0. The first kappa shape index (κ1) is 24.6. The van der Waals surface area contributed by atoms with E-state index in [-0.39, 0.29) is 39.1 Å². The molecule has 0 aliphatic rings. The largest absolute Gasteiger partial charge is 0.466 e. The predicted octanol–water partition coefficient (Wildman–Crippen LogP) is 4.92. The van der Waals surface area contributed by atoms with Crippen LogP contribution in [0.1, 0.15) is 70.2 Å². The van der Waals surface area contributed by atoms with Gasteiger partial charge in [0, 0.05) is 0 Å². The van der Waals surface area contributed by atoms with Crippen molar-refractivity contribution in [1.82, 2.24) is 0 Å². The van der Waals surface area contributed by atoms with Crippen molar-refractivity contribution in [1.29, 1.82) is 0 Å². The number of carbonyl (C=O) groups is 1. The van der Waals surface area contributed by atoms with Crippen LogP contribution in [0, 0.1) is 10.8 Å². The van der Waals surface area contributed by atoms with Gasteiger partial charge in [0.2, 0.25) is 0 Å². The van der Waals surface area contributed by atoms with E-state index in [4.69, 9.17) is 4.74 Å². The lowest BCUT2D eigenvalue weighted by Gasteiger charge is -2.30. The molecule has 2 nitrogen and oxygen atoms in total. The van der Waals surface area contributed by atoms with Crippen LogP contribution in [0.5, 0.6) is 0 Å². The van der Waals surface area contributed by atoms with Gasteiger partial charge in [0.1, 0.15) is 0 Å². The van der Waals surface area contributed by atoms with Crippen LogP contribution in [0.15, 0.2) is 0 Å². The minimum atomic E-state index is -0.367. The maximum Gasteiger partial charge on any atom is 0.311 e. The molecule has 0 saturated heterocycles. The minimum Gasteiger partial charge on any atom is -0.466 e. The summed E-state index contributed by atoms with van der Waals surface area (Å²) in [5, 5.41) is 0. The Hall–Kier alpha value is -0.530. The second-order valence-electron chi connectivity index (χ2n) is 5.34. The van der Waals surface area contributed by atoms with Crippen molar-refractivity contribution in [3.8, 4) is 0 Å². The van der Waals surface area contributed by atoms with Crippen molar-refractivity contribution in [2.24, 2.45) is 10.8 Å². The van der Waals surface area contributed by atoms with E-state index in [0.717, 1.165) is 6.42 Å². The summed E-state index contributed by atoms with van der Waals surface area (Å²) >= 11 is 0. The molecule has 0 unspecified atom stereocenters. The fourth-order valence-corrected chi connectivity index (χ4v) is 1.72. The molecule has 0 rings (SSSR count). The van der Waals surface area contributed by atoms with Crippen molar-refractivity contribution in [2.75, 3.05) is 6.61 Å². The highest BCUT2D eigenvalue weighted by atomic mass is 16.5. The van der Waals surface area contributed by atoms with Gasteiger partial charge in [0.15, 0.2) is 0 Å². The molecule has 0 saturated carbocycles. The molecule has 0 fully saturated rings. The lowest BCUT2D eigenvalue weighted by Crippen LogP contribution is -2.31. The number of carbonyl (C=O) groups excluding carboxylic acids is 1. The second kappa shape index (κ2) is 8.60. The van der Waals surface area contributed by atoms with Gasteiger partial charge in [-0.15, -0.1) is 0 Å². The molecule has 0 bridgehead atoms.